The van der Waals surface area contributed by atoms with E-state index in [2.05, 4.69) is 74.0 Å². The zero-order valence-electron chi connectivity index (χ0n) is 21.4. The minimum absolute atomic E-state index is 0.159. The molecule has 2 saturated heterocycles. The Bertz CT molecular complexity index is 1180. The van der Waals surface area contributed by atoms with Crippen molar-refractivity contribution in [1.29, 1.82) is 0 Å². The van der Waals surface area contributed by atoms with Gasteiger partial charge >= 0.3 is 0 Å². The largest absolute Gasteiger partial charge is 0.381 e. The first-order valence-corrected chi connectivity index (χ1v) is 12.5. The molecular formula is C28H36N4O3. The van der Waals surface area contributed by atoms with Crippen LogP contribution >= 0.6 is 0 Å². The highest BCUT2D eigenvalue weighted by Gasteiger charge is 2.55. The van der Waals surface area contributed by atoms with E-state index in [0.29, 0.717) is 36.4 Å². The fourth-order valence-corrected chi connectivity index (χ4v) is 5.73. The van der Waals surface area contributed by atoms with Crippen LogP contribution in [-0.2, 0) is 15.8 Å². The Kier molecular flexibility index (Phi) is 6.06. The highest BCUT2D eigenvalue weighted by Crippen LogP contribution is 2.50. The summed E-state index contributed by atoms with van der Waals surface area (Å²) < 4.78 is 11.2. The van der Waals surface area contributed by atoms with Crippen LogP contribution in [0.1, 0.15) is 69.0 Å². The molecule has 1 unspecified atom stereocenters. The molecule has 186 valence electrons. The van der Waals surface area contributed by atoms with Gasteiger partial charge in [-0.2, -0.15) is 4.98 Å². The van der Waals surface area contributed by atoms with Crippen molar-refractivity contribution in [2.24, 2.45) is 5.41 Å². The number of hydrogen-bond acceptors (Lipinski definition) is 7. The van der Waals surface area contributed by atoms with Crippen molar-refractivity contribution in [3.05, 3.63) is 65.2 Å². The molecule has 0 spiro atoms. The molecule has 0 saturated carbocycles. The van der Waals surface area contributed by atoms with Crippen LogP contribution in [0.3, 0.4) is 0 Å². The van der Waals surface area contributed by atoms with Gasteiger partial charge < -0.3 is 19.3 Å². The Morgan fingerprint density at radius 3 is 2.34 bits per heavy atom. The summed E-state index contributed by atoms with van der Waals surface area (Å²) in [7, 11) is 2.08. The van der Waals surface area contributed by atoms with E-state index in [-0.39, 0.29) is 10.8 Å². The minimum Gasteiger partial charge on any atom is -0.381 e. The molecule has 7 heteroatoms. The SMILES string of the molecule is CC(C)c1ccc(C(O)(c2cncc(-c3nc(C4(C)CCOCC4)no3)c2)C2(C)CN(C)C2)cc1. The van der Waals surface area contributed by atoms with Crippen molar-refractivity contribution in [2.75, 3.05) is 33.4 Å². The van der Waals surface area contributed by atoms with E-state index in [0.717, 1.165) is 37.1 Å². The molecule has 2 aliphatic rings. The van der Waals surface area contributed by atoms with Gasteiger partial charge in [-0.25, -0.2) is 0 Å². The van der Waals surface area contributed by atoms with Crippen molar-refractivity contribution in [3.63, 3.8) is 0 Å². The highest BCUT2D eigenvalue weighted by molar-refractivity contribution is 5.55. The van der Waals surface area contributed by atoms with E-state index in [1.807, 2.05) is 6.07 Å². The Hall–Kier alpha value is -2.61. The maximum absolute atomic E-state index is 12.5. The number of rotatable bonds is 6. The number of hydrogen-bond donors (Lipinski definition) is 1. The first-order valence-electron chi connectivity index (χ1n) is 12.5. The summed E-state index contributed by atoms with van der Waals surface area (Å²) in [6.45, 7) is 11.6. The molecule has 5 rings (SSSR count). The molecule has 1 N–H and O–H groups in total. The number of aromatic nitrogens is 3. The van der Waals surface area contributed by atoms with Crippen molar-refractivity contribution in [2.45, 2.75) is 57.5 Å². The summed E-state index contributed by atoms with van der Waals surface area (Å²) in [5, 5.41) is 16.8. The van der Waals surface area contributed by atoms with Crippen LogP contribution in [0.25, 0.3) is 11.5 Å². The number of ether oxygens (including phenoxy) is 1. The van der Waals surface area contributed by atoms with Gasteiger partial charge in [-0.05, 0) is 43.0 Å². The van der Waals surface area contributed by atoms with Gasteiger partial charge in [0.25, 0.3) is 5.89 Å². The summed E-state index contributed by atoms with van der Waals surface area (Å²) in [6.07, 6.45) is 5.22. The predicted molar refractivity (Wildman–Crippen MR) is 134 cm³/mol. The van der Waals surface area contributed by atoms with Crippen LogP contribution in [0.15, 0.2) is 47.2 Å². The summed E-state index contributed by atoms with van der Waals surface area (Å²) >= 11 is 0. The molecule has 1 aromatic carbocycles. The van der Waals surface area contributed by atoms with Gasteiger partial charge in [0.2, 0.25) is 0 Å². The molecule has 2 aliphatic heterocycles. The Morgan fingerprint density at radius 2 is 1.71 bits per heavy atom. The molecule has 0 amide bonds. The third-order valence-electron chi connectivity index (χ3n) is 8.07. The van der Waals surface area contributed by atoms with Gasteiger partial charge in [0.1, 0.15) is 5.60 Å². The maximum atomic E-state index is 12.5. The zero-order chi connectivity index (χ0) is 24.8. The molecule has 2 aromatic heterocycles. The van der Waals surface area contributed by atoms with Crippen LogP contribution < -0.4 is 0 Å². The quantitative estimate of drug-likeness (QED) is 0.560. The zero-order valence-corrected chi connectivity index (χ0v) is 21.4. The monoisotopic (exact) mass is 476 g/mol. The third kappa shape index (κ3) is 4.09. The van der Waals surface area contributed by atoms with Gasteiger partial charge in [0.15, 0.2) is 5.82 Å². The number of likely N-dealkylation sites (tertiary alicyclic amines) is 1. The van der Waals surface area contributed by atoms with Crippen LogP contribution in [0.4, 0.5) is 0 Å². The number of aliphatic hydroxyl groups is 1. The van der Waals surface area contributed by atoms with E-state index in [9.17, 15) is 5.11 Å². The van der Waals surface area contributed by atoms with Crippen molar-refractivity contribution in [1.82, 2.24) is 20.0 Å². The lowest BCUT2D eigenvalue weighted by molar-refractivity contribution is -0.127. The third-order valence-corrected chi connectivity index (χ3v) is 8.07. The first kappa shape index (κ1) is 24.1. The van der Waals surface area contributed by atoms with Crippen LogP contribution in [0.5, 0.6) is 0 Å². The second-order valence-electron chi connectivity index (χ2n) is 11.3. The first-order chi connectivity index (χ1) is 16.6. The molecule has 7 nitrogen and oxygen atoms in total. The smallest absolute Gasteiger partial charge is 0.259 e. The van der Waals surface area contributed by atoms with Gasteiger partial charge in [0, 0.05) is 55.1 Å². The summed E-state index contributed by atoms with van der Waals surface area (Å²) in [4.78, 5) is 11.5. The molecule has 2 fully saturated rings. The summed E-state index contributed by atoms with van der Waals surface area (Å²) in [5.41, 5.74) is 1.83. The van der Waals surface area contributed by atoms with Crippen molar-refractivity contribution in [3.8, 4) is 11.5 Å². The lowest BCUT2D eigenvalue weighted by Crippen LogP contribution is -2.63. The fourth-order valence-electron chi connectivity index (χ4n) is 5.73. The number of benzene rings is 1. The number of nitrogens with zero attached hydrogens (tertiary/aromatic N) is 4. The normalized spacial score (nSPS) is 21.5. The van der Waals surface area contributed by atoms with Crippen LogP contribution in [0, 0.1) is 5.41 Å². The van der Waals surface area contributed by atoms with Gasteiger partial charge in [-0.3, -0.25) is 4.98 Å². The van der Waals surface area contributed by atoms with E-state index in [1.165, 1.54) is 5.56 Å². The standard InChI is InChI=1S/C28H36N4O3/c1-19(2)20-6-8-22(9-7-20)28(33,27(4)17-32(5)18-27)23-14-21(15-29-16-23)24-30-25(31-35-24)26(3)10-12-34-13-11-26/h6-9,14-16,19,33H,10-13,17-18H2,1-5H3. The maximum Gasteiger partial charge on any atom is 0.259 e. The lowest BCUT2D eigenvalue weighted by atomic mass is 9.62. The Balaban J connectivity index is 1.54. The second-order valence-corrected chi connectivity index (χ2v) is 11.3. The molecule has 35 heavy (non-hydrogen) atoms. The Labute approximate surface area is 207 Å². The minimum atomic E-state index is -1.21. The van der Waals surface area contributed by atoms with Gasteiger partial charge in [-0.15, -0.1) is 0 Å². The molecule has 0 aliphatic carbocycles. The predicted octanol–water partition coefficient (Wildman–Crippen LogP) is 4.51. The van der Waals surface area contributed by atoms with E-state index >= 15 is 0 Å². The summed E-state index contributed by atoms with van der Waals surface area (Å²) in [6, 6.07) is 10.3. The average molecular weight is 477 g/mol. The van der Waals surface area contributed by atoms with E-state index < -0.39 is 5.60 Å². The molecule has 4 heterocycles. The van der Waals surface area contributed by atoms with E-state index in [4.69, 9.17) is 14.2 Å². The highest BCUT2D eigenvalue weighted by atomic mass is 16.5. The average Bonchev–Trinajstić information content (AvgIpc) is 3.35. The van der Waals surface area contributed by atoms with Crippen LogP contribution in [-0.4, -0.2) is 58.5 Å². The molecular weight excluding hydrogens is 440 g/mol. The molecule has 0 bridgehead atoms. The molecule has 1 atom stereocenters. The number of pyridine rings is 1. The lowest BCUT2D eigenvalue weighted by Gasteiger charge is -2.55. The summed E-state index contributed by atoms with van der Waals surface area (Å²) in [5.74, 6) is 1.56. The van der Waals surface area contributed by atoms with Gasteiger partial charge in [0.05, 0.1) is 5.56 Å². The molecule has 0 radical (unpaired) electrons. The van der Waals surface area contributed by atoms with Crippen molar-refractivity contribution < 1.29 is 14.4 Å². The second kappa shape index (κ2) is 8.80. The van der Waals surface area contributed by atoms with E-state index in [1.54, 1.807) is 12.4 Å². The fraction of sp³-hybridized carbons (Fsp3) is 0.536. The van der Waals surface area contributed by atoms with Gasteiger partial charge in [-0.1, -0.05) is 57.1 Å². The van der Waals surface area contributed by atoms with Crippen molar-refractivity contribution >= 4 is 0 Å². The Morgan fingerprint density at radius 1 is 1.03 bits per heavy atom. The topological polar surface area (TPSA) is 84.5 Å². The molecule has 3 aromatic rings. The van der Waals surface area contributed by atoms with Crippen LogP contribution in [0.2, 0.25) is 0 Å².